The number of amides is 2. The average Bonchev–Trinajstić information content (AvgIpc) is 3.09. The third-order valence-corrected chi connectivity index (χ3v) is 5.58. The van der Waals surface area contributed by atoms with Crippen LogP contribution >= 0.6 is 0 Å². The van der Waals surface area contributed by atoms with Crippen molar-refractivity contribution < 1.29 is 14.3 Å². The topological polar surface area (TPSA) is 64.5 Å². The van der Waals surface area contributed by atoms with E-state index in [-0.39, 0.29) is 17.9 Å². The highest BCUT2D eigenvalue weighted by Crippen LogP contribution is 2.26. The number of anilines is 1. The van der Waals surface area contributed by atoms with Crippen LogP contribution in [0.5, 0.6) is 0 Å². The van der Waals surface area contributed by atoms with Gasteiger partial charge in [0.25, 0.3) is 5.91 Å². The smallest absolute Gasteiger partial charge is 0.304 e. The summed E-state index contributed by atoms with van der Waals surface area (Å²) in [5.41, 5.74) is 7.55. The third kappa shape index (κ3) is 4.54. The number of hydrogen-bond acceptors (Lipinski definition) is 3. The van der Waals surface area contributed by atoms with E-state index in [0.29, 0.717) is 5.56 Å². The van der Waals surface area contributed by atoms with E-state index >= 15 is 0 Å². The van der Waals surface area contributed by atoms with Gasteiger partial charge in [0.2, 0.25) is 12.3 Å². The molecule has 0 aliphatic carbocycles. The molecule has 3 aromatic rings. The molecule has 0 aromatic heterocycles. The van der Waals surface area contributed by atoms with E-state index in [1.807, 2.05) is 86.7 Å². The van der Waals surface area contributed by atoms with E-state index in [1.165, 1.54) is 0 Å². The minimum Gasteiger partial charge on any atom is -0.378 e. The molecule has 4 rings (SSSR count). The van der Waals surface area contributed by atoms with Gasteiger partial charge in [0.1, 0.15) is 0 Å². The van der Waals surface area contributed by atoms with Crippen molar-refractivity contribution in [1.29, 1.82) is 0 Å². The molecule has 0 saturated carbocycles. The first-order chi connectivity index (χ1) is 15.4. The zero-order valence-corrected chi connectivity index (χ0v) is 18.4. The molecule has 1 aliphatic rings. The van der Waals surface area contributed by atoms with Crippen molar-refractivity contribution in [2.24, 2.45) is 0 Å². The van der Waals surface area contributed by atoms with Crippen molar-refractivity contribution in [3.63, 3.8) is 0 Å². The summed E-state index contributed by atoms with van der Waals surface area (Å²) in [5.74, 6) is -0.527. The molecule has 1 aliphatic heterocycles. The van der Waals surface area contributed by atoms with Gasteiger partial charge < -0.3 is 10.2 Å². The van der Waals surface area contributed by atoms with Crippen LogP contribution < -0.4 is 15.6 Å². The fraction of sp³-hybridized carbons (Fsp3) is 0.192. The first kappa shape index (κ1) is 21.3. The first-order valence-corrected chi connectivity index (χ1v) is 10.6. The second-order valence-electron chi connectivity index (χ2n) is 8.17. The Morgan fingerprint density at radius 3 is 2.25 bits per heavy atom. The molecular weight excluding hydrogens is 400 g/mol. The maximum atomic E-state index is 12.9. The summed E-state index contributed by atoms with van der Waals surface area (Å²) in [7, 11) is 3.99. The minimum atomic E-state index is -0.734. The number of rotatable bonds is 5. The molecule has 0 radical (unpaired) electrons. The Labute approximate surface area is 188 Å². The molecule has 1 fully saturated rings. The zero-order chi connectivity index (χ0) is 22.7. The summed E-state index contributed by atoms with van der Waals surface area (Å²) in [6.07, 6.45) is 1.90. The molecule has 6 nitrogen and oxygen atoms in total. The van der Waals surface area contributed by atoms with E-state index in [2.05, 4.69) is 10.7 Å². The van der Waals surface area contributed by atoms with Gasteiger partial charge in [-0.3, -0.25) is 9.59 Å². The molecule has 1 heterocycles. The van der Waals surface area contributed by atoms with E-state index in [9.17, 15) is 9.59 Å². The fourth-order valence-electron chi connectivity index (χ4n) is 3.78. The monoisotopic (exact) mass is 427 g/mol. The number of hydrazine groups is 1. The average molecular weight is 428 g/mol. The number of aryl methyl sites for hydroxylation is 1. The molecule has 2 amide bonds. The van der Waals surface area contributed by atoms with E-state index in [1.54, 1.807) is 28.9 Å². The fourth-order valence-corrected chi connectivity index (χ4v) is 3.78. The van der Waals surface area contributed by atoms with Crippen LogP contribution in [0.1, 0.15) is 33.1 Å². The lowest BCUT2D eigenvalue weighted by Gasteiger charge is -2.15. The van der Waals surface area contributed by atoms with Crippen molar-refractivity contribution in [2.45, 2.75) is 19.0 Å². The highest BCUT2D eigenvalue weighted by Gasteiger charge is 2.47. The van der Waals surface area contributed by atoms with E-state index in [0.717, 1.165) is 22.4 Å². The number of hydrogen-bond donors (Lipinski definition) is 2. The Bertz CT molecular complexity index is 1140. The molecule has 3 aromatic carbocycles. The minimum absolute atomic E-state index is 0.249. The normalized spacial score (nSPS) is 19.0. The van der Waals surface area contributed by atoms with Gasteiger partial charge in [0, 0.05) is 36.5 Å². The quantitative estimate of drug-likeness (QED) is 0.615. The second kappa shape index (κ2) is 9.06. The number of carbonyl (C=O) groups is 2. The lowest BCUT2D eigenvalue weighted by atomic mass is 9.98. The molecule has 32 heavy (non-hydrogen) atoms. The molecule has 162 valence electrons. The number of benzene rings is 3. The van der Waals surface area contributed by atoms with Gasteiger partial charge in [0.15, 0.2) is 6.04 Å². The summed E-state index contributed by atoms with van der Waals surface area (Å²) in [6.45, 7) is 2.02. The molecule has 0 unspecified atom stereocenters. The van der Waals surface area contributed by atoms with Crippen LogP contribution in [-0.2, 0) is 4.79 Å². The number of carbonyl (C=O) groups excluding carboxylic acids is 2. The van der Waals surface area contributed by atoms with Gasteiger partial charge in [0.05, 0.1) is 0 Å². The van der Waals surface area contributed by atoms with Crippen LogP contribution in [0.3, 0.4) is 0 Å². The van der Waals surface area contributed by atoms with Gasteiger partial charge in [-0.05, 0) is 43.3 Å². The Balaban J connectivity index is 1.69. The highest BCUT2D eigenvalue weighted by molar-refractivity contribution is 5.98. The van der Waals surface area contributed by atoms with Crippen molar-refractivity contribution >= 4 is 23.7 Å². The third-order valence-electron chi connectivity index (χ3n) is 5.58. The number of nitrogens with one attached hydrogen (secondary N) is 2. The Morgan fingerprint density at radius 2 is 1.62 bits per heavy atom. The molecule has 2 atom stereocenters. The lowest BCUT2D eigenvalue weighted by Crippen LogP contribution is -2.42. The number of hydrazone groups is 1. The van der Waals surface area contributed by atoms with Gasteiger partial charge in [-0.15, -0.1) is 10.1 Å². The molecule has 6 heteroatoms. The van der Waals surface area contributed by atoms with Gasteiger partial charge in [-0.25, -0.2) is 0 Å². The molecular formula is C26H27N4O2+. The summed E-state index contributed by atoms with van der Waals surface area (Å²) in [6, 6.07) is 23.9. The van der Waals surface area contributed by atoms with Crippen molar-refractivity contribution in [1.82, 2.24) is 10.7 Å². The largest absolute Gasteiger partial charge is 0.378 e. The van der Waals surface area contributed by atoms with Crippen LogP contribution in [-0.4, -0.2) is 42.9 Å². The van der Waals surface area contributed by atoms with Crippen LogP contribution in [0.4, 0.5) is 5.69 Å². The van der Waals surface area contributed by atoms with Gasteiger partial charge in [-0.2, -0.15) is 0 Å². The van der Waals surface area contributed by atoms with Gasteiger partial charge >= 0.3 is 5.91 Å². The molecule has 0 spiro atoms. The van der Waals surface area contributed by atoms with Crippen LogP contribution in [0.2, 0.25) is 0 Å². The summed E-state index contributed by atoms with van der Waals surface area (Å²) in [5, 5.41) is 2.93. The van der Waals surface area contributed by atoms with Crippen LogP contribution in [0.15, 0.2) is 78.9 Å². The van der Waals surface area contributed by atoms with Crippen LogP contribution in [0.25, 0.3) is 0 Å². The predicted molar refractivity (Wildman–Crippen MR) is 126 cm³/mol. The summed E-state index contributed by atoms with van der Waals surface area (Å²) < 4.78 is 1.79. The van der Waals surface area contributed by atoms with Crippen molar-refractivity contribution in [3.05, 3.63) is 101 Å². The predicted octanol–water partition coefficient (Wildman–Crippen LogP) is 3.08. The lowest BCUT2D eigenvalue weighted by molar-refractivity contribution is -0.596. The van der Waals surface area contributed by atoms with Crippen molar-refractivity contribution in [2.75, 3.05) is 19.0 Å². The number of nitrogens with zero attached hydrogens (tertiary/aromatic N) is 2. The maximum absolute atomic E-state index is 12.9. The Hall–Kier alpha value is -3.93. The summed E-state index contributed by atoms with van der Waals surface area (Å²) >= 11 is 0. The summed E-state index contributed by atoms with van der Waals surface area (Å²) in [4.78, 5) is 27.8. The Kier molecular flexibility index (Phi) is 6.03. The highest BCUT2D eigenvalue weighted by atomic mass is 16.2. The van der Waals surface area contributed by atoms with Gasteiger partial charge in [-0.1, -0.05) is 48.0 Å². The zero-order valence-electron chi connectivity index (χ0n) is 18.4. The Morgan fingerprint density at radius 1 is 0.969 bits per heavy atom. The maximum Gasteiger partial charge on any atom is 0.304 e. The molecule has 0 bridgehead atoms. The SMILES string of the molecule is Cc1ccc([C@H]2[C@H](NC(=O)c3ccccc3)C(=O)N/[N+]2=C\c2ccc(N(C)C)cc2)cc1. The van der Waals surface area contributed by atoms with E-state index in [4.69, 9.17) is 0 Å². The standard InChI is InChI=1S/C26H26N4O2/c1-18-9-13-20(14-10-18)24-23(27-25(31)21-7-5-4-6-8-21)26(32)28-30(24)17-19-11-15-22(16-12-19)29(2)3/h4-17,23-24H,1-3H3,(H-,27,28,31,32)/p+1/t23-,24-/m0/s1. The van der Waals surface area contributed by atoms with Crippen LogP contribution in [0, 0.1) is 6.92 Å². The molecule has 1 saturated heterocycles. The van der Waals surface area contributed by atoms with Crippen molar-refractivity contribution in [3.8, 4) is 0 Å². The second-order valence-corrected chi connectivity index (χ2v) is 8.17. The first-order valence-electron chi connectivity index (χ1n) is 10.6. The molecule has 2 N–H and O–H groups in total. The van der Waals surface area contributed by atoms with E-state index < -0.39 is 6.04 Å².